The van der Waals surface area contributed by atoms with Crippen molar-refractivity contribution in [3.05, 3.63) is 89.4 Å². The summed E-state index contributed by atoms with van der Waals surface area (Å²) in [7, 11) is 1.71. The molecular formula is C31H33N5O3. The Kier molecular flexibility index (Phi) is 9.44. The van der Waals surface area contributed by atoms with Crippen LogP contribution in [0.2, 0.25) is 0 Å². The first-order valence-corrected chi connectivity index (χ1v) is 13.0. The summed E-state index contributed by atoms with van der Waals surface area (Å²) in [6, 6.07) is 16.9. The van der Waals surface area contributed by atoms with E-state index in [2.05, 4.69) is 26.7 Å². The Labute approximate surface area is 229 Å². The van der Waals surface area contributed by atoms with Crippen LogP contribution in [-0.4, -0.2) is 43.5 Å². The number of aliphatic imine (C=N–C) groups is 1. The minimum absolute atomic E-state index is 0.106. The maximum absolute atomic E-state index is 12.9. The molecule has 2 N–H and O–H groups in total. The third-order valence-electron chi connectivity index (χ3n) is 6.53. The summed E-state index contributed by atoms with van der Waals surface area (Å²) >= 11 is 0. The van der Waals surface area contributed by atoms with E-state index in [0.717, 1.165) is 47.4 Å². The van der Waals surface area contributed by atoms with E-state index in [0.29, 0.717) is 23.6 Å². The molecule has 39 heavy (non-hydrogen) atoms. The van der Waals surface area contributed by atoms with E-state index in [-0.39, 0.29) is 17.9 Å². The number of benzene rings is 2. The SMILES string of the molecule is C/N=C\C(=C/Nc1cc(NC(=O)c2cccc(C(C)C#N)c2)ccc1C)c1cnccc1OCC1CCCO1. The second-order valence-corrected chi connectivity index (χ2v) is 9.41. The standard InChI is InChI=1S/C31H33N5O3/c1-21-9-10-26(36-31(37)24-7-4-6-23(14-24)22(2)16-32)15-29(21)35-18-25(17-33-3)28-19-34-12-11-30(28)39-20-27-8-5-13-38-27/h4,6-7,9-12,14-15,17-19,22,27,35H,5,8,13,20H2,1-3H3,(H,36,37)/b25-18+,33-17-. The number of hydrogen-bond donors (Lipinski definition) is 2. The quantitative estimate of drug-likeness (QED) is 0.317. The van der Waals surface area contributed by atoms with Crippen molar-refractivity contribution >= 4 is 29.1 Å². The normalized spacial score (nSPS) is 16.1. The highest BCUT2D eigenvalue weighted by atomic mass is 16.5. The van der Waals surface area contributed by atoms with Gasteiger partial charge in [-0.25, -0.2) is 0 Å². The lowest BCUT2D eigenvalue weighted by molar-refractivity contribution is 0.0678. The van der Waals surface area contributed by atoms with Gasteiger partial charge in [0.2, 0.25) is 0 Å². The predicted molar refractivity (Wildman–Crippen MR) is 154 cm³/mol. The van der Waals surface area contributed by atoms with E-state index in [1.54, 1.807) is 43.9 Å². The van der Waals surface area contributed by atoms with Crippen LogP contribution in [0.3, 0.4) is 0 Å². The first-order chi connectivity index (χ1) is 19.0. The Morgan fingerprint density at radius 2 is 2.18 bits per heavy atom. The molecule has 1 aromatic heterocycles. The number of carbonyl (C=O) groups is 1. The van der Waals surface area contributed by atoms with E-state index in [1.807, 2.05) is 50.4 Å². The fourth-order valence-electron chi connectivity index (χ4n) is 4.24. The van der Waals surface area contributed by atoms with Crippen molar-refractivity contribution in [3.8, 4) is 11.8 Å². The topological polar surface area (TPSA) is 109 Å². The van der Waals surface area contributed by atoms with Crippen LogP contribution < -0.4 is 15.4 Å². The Balaban J connectivity index is 1.51. The first kappa shape index (κ1) is 27.6. The number of rotatable bonds is 10. The molecule has 1 aliphatic heterocycles. The van der Waals surface area contributed by atoms with E-state index in [9.17, 15) is 10.1 Å². The van der Waals surface area contributed by atoms with Crippen LogP contribution in [0.5, 0.6) is 5.75 Å². The van der Waals surface area contributed by atoms with E-state index in [4.69, 9.17) is 9.47 Å². The summed E-state index contributed by atoms with van der Waals surface area (Å²) < 4.78 is 11.8. The van der Waals surface area contributed by atoms with Gasteiger partial charge in [0.25, 0.3) is 5.91 Å². The molecule has 0 saturated carbocycles. The first-order valence-electron chi connectivity index (χ1n) is 13.0. The van der Waals surface area contributed by atoms with Crippen molar-refractivity contribution in [2.45, 2.75) is 38.7 Å². The number of allylic oxidation sites excluding steroid dienone is 1. The van der Waals surface area contributed by atoms with Gasteiger partial charge in [0, 0.05) is 66.5 Å². The van der Waals surface area contributed by atoms with Crippen molar-refractivity contribution in [1.82, 2.24) is 4.98 Å². The highest BCUT2D eigenvalue weighted by Crippen LogP contribution is 2.27. The van der Waals surface area contributed by atoms with E-state index in [1.165, 1.54) is 0 Å². The lowest BCUT2D eigenvalue weighted by Gasteiger charge is -2.15. The number of nitriles is 1. The summed E-state index contributed by atoms with van der Waals surface area (Å²) in [6.45, 7) is 5.06. The third-order valence-corrected chi connectivity index (χ3v) is 6.53. The van der Waals surface area contributed by atoms with Gasteiger partial charge in [-0.05, 0) is 68.1 Å². The van der Waals surface area contributed by atoms with Crippen molar-refractivity contribution in [3.63, 3.8) is 0 Å². The number of aryl methyl sites for hydroxylation is 1. The van der Waals surface area contributed by atoms with Crippen molar-refractivity contribution in [2.24, 2.45) is 4.99 Å². The van der Waals surface area contributed by atoms with Crippen molar-refractivity contribution in [1.29, 1.82) is 5.26 Å². The van der Waals surface area contributed by atoms with Gasteiger partial charge in [-0.15, -0.1) is 0 Å². The minimum Gasteiger partial charge on any atom is -0.490 e. The molecule has 0 radical (unpaired) electrons. The predicted octanol–water partition coefficient (Wildman–Crippen LogP) is 5.98. The lowest BCUT2D eigenvalue weighted by Crippen LogP contribution is -2.17. The Bertz CT molecular complexity index is 1400. The smallest absolute Gasteiger partial charge is 0.255 e. The van der Waals surface area contributed by atoms with Gasteiger partial charge in [-0.2, -0.15) is 5.26 Å². The molecule has 1 fully saturated rings. The number of hydrogen-bond acceptors (Lipinski definition) is 7. The molecule has 1 aliphatic rings. The van der Waals surface area contributed by atoms with Crippen LogP contribution in [-0.2, 0) is 4.74 Å². The van der Waals surface area contributed by atoms with Crippen molar-refractivity contribution in [2.75, 3.05) is 30.9 Å². The van der Waals surface area contributed by atoms with Crippen LogP contribution in [0.4, 0.5) is 11.4 Å². The van der Waals surface area contributed by atoms with Crippen molar-refractivity contribution < 1.29 is 14.3 Å². The second kappa shape index (κ2) is 13.4. The minimum atomic E-state index is -0.289. The van der Waals surface area contributed by atoms with Crippen LogP contribution >= 0.6 is 0 Å². The summed E-state index contributed by atoms with van der Waals surface area (Å²) in [4.78, 5) is 21.4. The highest BCUT2D eigenvalue weighted by Gasteiger charge is 2.17. The van der Waals surface area contributed by atoms with Gasteiger partial charge in [0.15, 0.2) is 0 Å². The van der Waals surface area contributed by atoms with Gasteiger partial charge < -0.3 is 20.1 Å². The molecule has 1 amide bonds. The van der Waals surface area contributed by atoms with Gasteiger partial charge in [0.05, 0.1) is 18.1 Å². The summed E-state index contributed by atoms with van der Waals surface area (Å²) in [5.41, 5.74) is 5.38. The monoisotopic (exact) mass is 523 g/mol. The number of pyridine rings is 1. The molecule has 0 aliphatic carbocycles. The molecule has 4 rings (SSSR count). The third kappa shape index (κ3) is 7.30. The molecule has 200 valence electrons. The zero-order chi connectivity index (χ0) is 27.6. The average molecular weight is 524 g/mol. The molecule has 8 heteroatoms. The van der Waals surface area contributed by atoms with Gasteiger partial charge in [-0.3, -0.25) is 14.8 Å². The van der Waals surface area contributed by atoms with Crippen LogP contribution in [0.25, 0.3) is 5.57 Å². The fourth-order valence-corrected chi connectivity index (χ4v) is 4.24. The lowest BCUT2D eigenvalue weighted by atomic mass is 10.00. The Morgan fingerprint density at radius 3 is 2.95 bits per heavy atom. The van der Waals surface area contributed by atoms with Gasteiger partial charge >= 0.3 is 0 Å². The number of nitrogens with zero attached hydrogens (tertiary/aromatic N) is 3. The van der Waals surface area contributed by atoms with E-state index >= 15 is 0 Å². The summed E-state index contributed by atoms with van der Waals surface area (Å²) in [5, 5.41) is 15.5. The number of anilines is 2. The number of amides is 1. The molecule has 2 aromatic carbocycles. The molecule has 0 bridgehead atoms. The second-order valence-electron chi connectivity index (χ2n) is 9.41. The van der Waals surface area contributed by atoms with Crippen LogP contribution in [0.15, 0.2) is 72.1 Å². The summed E-state index contributed by atoms with van der Waals surface area (Å²) in [6.07, 6.45) is 9.22. The van der Waals surface area contributed by atoms with E-state index < -0.39 is 0 Å². The zero-order valence-corrected chi connectivity index (χ0v) is 22.5. The largest absolute Gasteiger partial charge is 0.490 e. The molecular weight excluding hydrogens is 490 g/mol. The van der Waals surface area contributed by atoms with Gasteiger partial charge in [-0.1, -0.05) is 18.2 Å². The number of aromatic nitrogens is 1. The number of carbonyl (C=O) groups excluding carboxylic acids is 1. The number of nitrogens with one attached hydrogen (secondary N) is 2. The van der Waals surface area contributed by atoms with Crippen LogP contribution in [0.1, 0.15) is 52.7 Å². The molecule has 3 aromatic rings. The maximum Gasteiger partial charge on any atom is 0.255 e. The number of ether oxygens (including phenoxy) is 2. The fraction of sp³-hybridized carbons (Fsp3) is 0.290. The maximum atomic E-state index is 12.9. The Hall–Kier alpha value is -4.48. The molecule has 2 unspecified atom stereocenters. The molecule has 1 saturated heterocycles. The summed E-state index contributed by atoms with van der Waals surface area (Å²) in [5.74, 6) is 0.177. The molecule has 2 atom stereocenters. The zero-order valence-electron chi connectivity index (χ0n) is 22.5. The molecule has 0 spiro atoms. The Morgan fingerprint density at radius 1 is 1.31 bits per heavy atom. The molecule has 8 nitrogen and oxygen atoms in total. The highest BCUT2D eigenvalue weighted by molar-refractivity contribution is 6.11. The van der Waals surface area contributed by atoms with Crippen LogP contribution in [0, 0.1) is 18.3 Å². The average Bonchev–Trinajstić information content (AvgIpc) is 3.49. The molecule has 2 heterocycles. The van der Waals surface area contributed by atoms with Gasteiger partial charge in [0.1, 0.15) is 12.4 Å².